The Balaban J connectivity index is 1.43. The highest BCUT2D eigenvalue weighted by Gasteiger charge is 2.24. The molecular formula is C30H23N3O3S. The highest BCUT2D eigenvalue weighted by Crippen LogP contribution is 2.41. The van der Waals surface area contributed by atoms with E-state index in [-0.39, 0.29) is 23.1 Å². The maximum Gasteiger partial charge on any atom is 0.237 e. The molecule has 6 nitrogen and oxygen atoms in total. The topological polar surface area (TPSA) is 88.1 Å². The molecule has 0 atom stereocenters. The second kappa shape index (κ2) is 10.6. The van der Waals surface area contributed by atoms with Gasteiger partial charge in [-0.15, -0.1) is 0 Å². The predicted molar refractivity (Wildman–Crippen MR) is 147 cm³/mol. The average molecular weight is 506 g/mol. The molecule has 0 fully saturated rings. The van der Waals surface area contributed by atoms with Gasteiger partial charge in [0.15, 0.2) is 0 Å². The van der Waals surface area contributed by atoms with Crippen molar-refractivity contribution in [2.75, 3.05) is 18.2 Å². The molecule has 0 unspecified atom stereocenters. The van der Waals surface area contributed by atoms with Crippen LogP contribution in [0.3, 0.4) is 0 Å². The Kier molecular flexibility index (Phi) is 6.93. The summed E-state index contributed by atoms with van der Waals surface area (Å²) < 4.78 is 11.6. The molecule has 0 radical (unpaired) electrons. The van der Waals surface area contributed by atoms with Gasteiger partial charge in [0, 0.05) is 16.5 Å². The third-order valence-corrected chi connectivity index (χ3v) is 6.84. The lowest BCUT2D eigenvalue weighted by Crippen LogP contribution is -2.14. The number of rotatable bonds is 7. The second-order valence-electron chi connectivity index (χ2n) is 8.32. The van der Waals surface area contributed by atoms with Crippen LogP contribution in [0.1, 0.15) is 11.1 Å². The molecule has 2 heterocycles. The first kappa shape index (κ1) is 24.2. The van der Waals surface area contributed by atoms with E-state index in [1.165, 1.54) is 11.8 Å². The third-order valence-electron chi connectivity index (χ3n) is 5.93. The van der Waals surface area contributed by atoms with Crippen LogP contribution in [0.2, 0.25) is 0 Å². The molecule has 0 saturated heterocycles. The van der Waals surface area contributed by atoms with Crippen molar-refractivity contribution in [3.63, 3.8) is 0 Å². The lowest BCUT2D eigenvalue weighted by Gasteiger charge is -2.09. The summed E-state index contributed by atoms with van der Waals surface area (Å²) in [4.78, 5) is 17.7. The van der Waals surface area contributed by atoms with Crippen LogP contribution >= 0.6 is 11.8 Å². The first-order valence-corrected chi connectivity index (χ1v) is 12.6. The number of carbonyl (C=O) groups excluding carboxylic acids is 1. The number of amides is 1. The number of nitrogens with zero attached hydrogens (tertiary/aromatic N) is 2. The molecule has 0 aliphatic rings. The molecule has 0 bridgehead atoms. The van der Waals surface area contributed by atoms with E-state index in [2.05, 4.69) is 11.4 Å². The number of thioether (sulfide) groups is 1. The summed E-state index contributed by atoms with van der Waals surface area (Å²) in [5, 5.41) is 14.6. The van der Waals surface area contributed by atoms with Gasteiger partial charge in [0.05, 0.1) is 17.9 Å². The Morgan fingerprint density at radius 3 is 2.41 bits per heavy atom. The van der Waals surface area contributed by atoms with Crippen LogP contribution in [0, 0.1) is 18.3 Å². The van der Waals surface area contributed by atoms with Crippen molar-refractivity contribution in [1.82, 2.24) is 4.98 Å². The first-order chi connectivity index (χ1) is 18.1. The molecule has 2 aromatic heterocycles. The van der Waals surface area contributed by atoms with Crippen molar-refractivity contribution in [3.8, 4) is 34.3 Å². The number of para-hydroxylation sites is 1. The molecular weight excluding hydrogens is 482 g/mol. The van der Waals surface area contributed by atoms with Gasteiger partial charge in [0.25, 0.3) is 0 Å². The largest absolute Gasteiger partial charge is 0.494 e. The van der Waals surface area contributed by atoms with Gasteiger partial charge >= 0.3 is 0 Å². The zero-order chi connectivity index (χ0) is 25.8. The highest BCUT2D eigenvalue weighted by atomic mass is 32.2. The van der Waals surface area contributed by atoms with Crippen molar-refractivity contribution in [2.24, 2.45) is 0 Å². The number of aryl methyl sites for hydroxylation is 1. The smallest absolute Gasteiger partial charge is 0.237 e. The lowest BCUT2D eigenvalue weighted by molar-refractivity contribution is -0.113. The van der Waals surface area contributed by atoms with Crippen LogP contribution in [0.5, 0.6) is 5.75 Å². The van der Waals surface area contributed by atoms with Crippen LogP contribution in [-0.4, -0.2) is 23.8 Å². The Bertz CT molecular complexity index is 1620. The predicted octanol–water partition coefficient (Wildman–Crippen LogP) is 7.08. The summed E-state index contributed by atoms with van der Waals surface area (Å²) in [6.45, 7) is 2.01. The van der Waals surface area contributed by atoms with Crippen LogP contribution < -0.4 is 10.1 Å². The van der Waals surface area contributed by atoms with Gasteiger partial charge in [-0.05, 0) is 30.2 Å². The van der Waals surface area contributed by atoms with E-state index < -0.39 is 0 Å². The third kappa shape index (κ3) is 4.92. The summed E-state index contributed by atoms with van der Waals surface area (Å²) in [5.41, 5.74) is 4.39. The summed E-state index contributed by atoms with van der Waals surface area (Å²) in [6.07, 6.45) is 0. The van der Waals surface area contributed by atoms with Gasteiger partial charge in [0.2, 0.25) is 11.8 Å². The Morgan fingerprint density at radius 2 is 1.73 bits per heavy atom. The number of pyridine rings is 1. The molecule has 0 aliphatic heterocycles. The van der Waals surface area contributed by atoms with E-state index in [0.717, 1.165) is 27.6 Å². The molecule has 1 N–H and O–H groups in total. The summed E-state index contributed by atoms with van der Waals surface area (Å²) in [7, 11) is 1.61. The number of carbonyl (C=O) groups is 1. The van der Waals surface area contributed by atoms with Gasteiger partial charge in [0.1, 0.15) is 28.7 Å². The van der Waals surface area contributed by atoms with Gasteiger partial charge in [-0.25, -0.2) is 4.98 Å². The Morgan fingerprint density at radius 1 is 1.03 bits per heavy atom. The van der Waals surface area contributed by atoms with E-state index in [1.54, 1.807) is 7.11 Å². The van der Waals surface area contributed by atoms with Crippen molar-refractivity contribution < 1.29 is 13.9 Å². The van der Waals surface area contributed by atoms with Crippen LogP contribution in [0.15, 0.2) is 94.4 Å². The van der Waals surface area contributed by atoms with E-state index in [0.29, 0.717) is 22.1 Å². The molecule has 1 amide bonds. The van der Waals surface area contributed by atoms with E-state index in [4.69, 9.17) is 14.1 Å². The van der Waals surface area contributed by atoms with Crippen LogP contribution in [0.4, 0.5) is 5.88 Å². The van der Waals surface area contributed by atoms with E-state index >= 15 is 0 Å². The number of benzene rings is 3. The maximum atomic E-state index is 13.0. The number of nitriles is 1. The molecule has 0 spiro atoms. The summed E-state index contributed by atoms with van der Waals surface area (Å²) in [6, 6.07) is 29.1. The Hall–Kier alpha value is -4.54. The fourth-order valence-corrected chi connectivity index (χ4v) is 4.97. The average Bonchev–Trinajstić information content (AvgIpc) is 3.30. The number of ether oxygens (including phenoxy) is 1. The second-order valence-corrected chi connectivity index (χ2v) is 9.32. The molecule has 5 aromatic rings. The van der Waals surface area contributed by atoms with Gasteiger partial charge in [-0.2, -0.15) is 5.26 Å². The van der Waals surface area contributed by atoms with Crippen molar-refractivity contribution in [1.29, 1.82) is 5.26 Å². The molecule has 0 saturated carbocycles. The number of hydrogen-bond donors (Lipinski definition) is 1. The van der Waals surface area contributed by atoms with Crippen LogP contribution in [-0.2, 0) is 4.79 Å². The number of furan rings is 1. The van der Waals surface area contributed by atoms with Crippen molar-refractivity contribution in [2.45, 2.75) is 11.9 Å². The quantitative estimate of drug-likeness (QED) is 0.238. The van der Waals surface area contributed by atoms with E-state index in [1.807, 2.05) is 91.9 Å². The normalized spacial score (nSPS) is 10.7. The molecule has 7 heteroatoms. The molecule has 0 aliphatic carbocycles. The first-order valence-electron chi connectivity index (χ1n) is 11.6. The molecule has 5 rings (SSSR count). The van der Waals surface area contributed by atoms with Crippen LogP contribution in [0.25, 0.3) is 33.4 Å². The number of aromatic nitrogens is 1. The molecule has 182 valence electrons. The maximum absolute atomic E-state index is 13.0. The fraction of sp³-hybridized carbons (Fsp3) is 0.100. The minimum atomic E-state index is -0.297. The fourth-order valence-electron chi connectivity index (χ4n) is 4.20. The minimum absolute atomic E-state index is 0.0972. The number of fused-ring (bicyclic) bond motifs is 1. The van der Waals surface area contributed by atoms with Gasteiger partial charge < -0.3 is 9.15 Å². The monoisotopic (exact) mass is 505 g/mol. The number of nitrogens with one attached hydrogen (secondary N) is 1. The number of anilines is 1. The SMILES string of the molecule is COc1cccc2c(C)cc(SCC(=O)Nc3oc(-c4ccccc4)c(-c4ccccc4)c3C#N)nc12. The van der Waals surface area contributed by atoms with E-state index in [9.17, 15) is 10.1 Å². The highest BCUT2D eigenvalue weighted by molar-refractivity contribution is 7.99. The number of hydrogen-bond acceptors (Lipinski definition) is 6. The lowest BCUT2D eigenvalue weighted by atomic mass is 9.98. The summed E-state index contributed by atoms with van der Waals surface area (Å²) in [5.74, 6) is 1.15. The van der Waals surface area contributed by atoms with Crippen molar-refractivity contribution >= 4 is 34.5 Å². The minimum Gasteiger partial charge on any atom is -0.494 e. The molecule has 37 heavy (non-hydrogen) atoms. The van der Waals surface area contributed by atoms with Gasteiger partial charge in [-0.1, -0.05) is 84.6 Å². The zero-order valence-electron chi connectivity index (χ0n) is 20.3. The molecule has 3 aromatic carbocycles. The standard InChI is InChI=1S/C30H23N3O3S/c1-19-16-26(33-28-22(19)14-9-15-24(28)35-2)37-18-25(34)32-30-23(17-31)27(20-10-5-3-6-11-20)29(36-30)21-12-7-4-8-13-21/h3-16H,18H2,1-2H3,(H,32,34). The van der Waals surface area contributed by atoms with Crippen molar-refractivity contribution in [3.05, 3.63) is 96.1 Å². The Labute approximate surface area is 218 Å². The number of methoxy groups -OCH3 is 1. The summed E-state index contributed by atoms with van der Waals surface area (Å²) >= 11 is 1.31. The zero-order valence-corrected chi connectivity index (χ0v) is 21.1. The van der Waals surface area contributed by atoms with Gasteiger partial charge in [-0.3, -0.25) is 10.1 Å².